The molecule has 0 radical (unpaired) electrons. The highest BCUT2D eigenvalue weighted by atomic mass is 32.2. The van der Waals surface area contributed by atoms with Gasteiger partial charge >= 0.3 is 0 Å². The number of methoxy groups -OCH3 is 1. The van der Waals surface area contributed by atoms with Gasteiger partial charge in [-0.05, 0) is 11.6 Å². The van der Waals surface area contributed by atoms with E-state index < -0.39 is 15.9 Å². The summed E-state index contributed by atoms with van der Waals surface area (Å²) in [4.78, 5) is 24.2. The van der Waals surface area contributed by atoms with Crippen molar-refractivity contribution in [2.24, 2.45) is 0 Å². The third-order valence-corrected chi connectivity index (χ3v) is 4.14. The van der Waals surface area contributed by atoms with Crippen molar-refractivity contribution in [3.63, 3.8) is 0 Å². The fourth-order valence-corrected chi connectivity index (χ4v) is 2.88. The van der Waals surface area contributed by atoms with Gasteiger partial charge in [0.05, 0.1) is 25.0 Å². The Hall–Kier alpha value is -2.13. The van der Waals surface area contributed by atoms with E-state index in [1.54, 1.807) is 18.2 Å². The van der Waals surface area contributed by atoms with E-state index in [1.807, 2.05) is 0 Å². The molecule has 126 valence electrons. The van der Waals surface area contributed by atoms with Crippen LogP contribution in [0.25, 0.3) is 0 Å². The predicted octanol–water partition coefficient (Wildman–Crippen LogP) is -0.214. The van der Waals surface area contributed by atoms with Gasteiger partial charge in [-0.15, -0.1) is 0 Å². The second kappa shape index (κ2) is 6.97. The molecule has 1 heterocycles. The highest BCUT2D eigenvalue weighted by molar-refractivity contribution is 7.88. The zero-order chi connectivity index (χ0) is 17.0. The SMILES string of the molecule is COc1cccc2c1NC(=O)C[C@@H]2C(=O)NCCNS(C)(=O)=O. The van der Waals surface area contributed by atoms with Crippen LogP contribution >= 0.6 is 0 Å². The normalized spacial score (nSPS) is 17.1. The van der Waals surface area contributed by atoms with Crippen LogP contribution in [0.3, 0.4) is 0 Å². The van der Waals surface area contributed by atoms with Gasteiger partial charge in [0.2, 0.25) is 21.8 Å². The third kappa shape index (κ3) is 4.42. The maximum atomic E-state index is 12.3. The highest BCUT2D eigenvalue weighted by Crippen LogP contribution is 2.38. The van der Waals surface area contributed by atoms with Gasteiger partial charge in [-0.3, -0.25) is 9.59 Å². The van der Waals surface area contributed by atoms with E-state index in [0.717, 1.165) is 6.26 Å². The maximum Gasteiger partial charge on any atom is 0.228 e. The minimum atomic E-state index is -3.30. The summed E-state index contributed by atoms with van der Waals surface area (Å²) in [6, 6.07) is 5.21. The lowest BCUT2D eigenvalue weighted by Crippen LogP contribution is -2.39. The zero-order valence-electron chi connectivity index (χ0n) is 12.9. The molecule has 3 N–H and O–H groups in total. The number of ether oxygens (including phenoxy) is 1. The lowest BCUT2D eigenvalue weighted by Gasteiger charge is -2.26. The van der Waals surface area contributed by atoms with Crippen molar-refractivity contribution in [2.45, 2.75) is 12.3 Å². The molecule has 9 heteroatoms. The fraction of sp³-hybridized carbons (Fsp3) is 0.429. The molecule has 0 saturated carbocycles. The van der Waals surface area contributed by atoms with Gasteiger partial charge in [0.1, 0.15) is 5.75 Å². The van der Waals surface area contributed by atoms with Crippen molar-refractivity contribution in [3.8, 4) is 5.75 Å². The van der Waals surface area contributed by atoms with Gasteiger partial charge in [0, 0.05) is 19.5 Å². The number of carbonyl (C=O) groups excluding carboxylic acids is 2. The minimum Gasteiger partial charge on any atom is -0.495 e. The number of amides is 2. The van der Waals surface area contributed by atoms with Gasteiger partial charge in [-0.25, -0.2) is 13.1 Å². The number of benzene rings is 1. The first-order valence-corrected chi connectivity index (χ1v) is 8.90. The molecule has 1 atom stereocenters. The zero-order valence-corrected chi connectivity index (χ0v) is 13.7. The van der Waals surface area contributed by atoms with E-state index in [4.69, 9.17) is 4.74 Å². The number of anilines is 1. The highest BCUT2D eigenvalue weighted by Gasteiger charge is 2.32. The summed E-state index contributed by atoms with van der Waals surface area (Å²) in [5.41, 5.74) is 1.18. The average Bonchev–Trinajstić information content (AvgIpc) is 2.49. The van der Waals surface area contributed by atoms with Gasteiger partial charge in [-0.1, -0.05) is 12.1 Å². The van der Waals surface area contributed by atoms with Crippen molar-refractivity contribution in [3.05, 3.63) is 23.8 Å². The summed E-state index contributed by atoms with van der Waals surface area (Å²) in [6.07, 6.45) is 1.08. The molecule has 0 aliphatic carbocycles. The molecule has 1 aliphatic rings. The molecule has 0 aromatic heterocycles. The van der Waals surface area contributed by atoms with Crippen LogP contribution in [0.2, 0.25) is 0 Å². The Labute approximate surface area is 134 Å². The molecule has 1 aromatic carbocycles. The molecule has 0 fully saturated rings. The number of hydrogen-bond acceptors (Lipinski definition) is 5. The van der Waals surface area contributed by atoms with E-state index in [1.165, 1.54) is 7.11 Å². The van der Waals surface area contributed by atoms with E-state index in [9.17, 15) is 18.0 Å². The topological polar surface area (TPSA) is 114 Å². The molecule has 0 spiro atoms. The maximum absolute atomic E-state index is 12.3. The Morgan fingerprint density at radius 3 is 2.78 bits per heavy atom. The van der Waals surface area contributed by atoms with Crippen LogP contribution in [0.15, 0.2) is 18.2 Å². The smallest absolute Gasteiger partial charge is 0.228 e. The second-order valence-electron chi connectivity index (χ2n) is 5.19. The van der Waals surface area contributed by atoms with Crippen LogP contribution in [0, 0.1) is 0 Å². The molecule has 1 aliphatic heterocycles. The Balaban J connectivity index is 2.08. The van der Waals surface area contributed by atoms with Crippen LogP contribution in [0.4, 0.5) is 5.69 Å². The molecule has 8 nitrogen and oxygen atoms in total. The Kier molecular flexibility index (Phi) is 5.22. The first-order valence-electron chi connectivity index (χ1n) is 7.01. The van der Waals surface area contributed by atoms with Gasteiger partial charge in [0.15, 0.2) is 0 Å². The monoisotopic (exact) mass is 341 g/mol. The lowest BCUT2D eigenvalue weighted by atomic mass is 9.89. The van der Waals surface area contributed by atoms with Crippen LogP contribution in [0.5, 0.6) is 5.75 Å². The minimum absolute atomic E-state index is 0.0332. The number of nitrogens with one attached hydrogen (secondary N) is 3. The third-order valence-electron chi connectivity index (χ3n) is 3.41. The summed E-state index contributed by atoms with van der Waals surface area (Å²) in [6.45, 7) is 0.234. The first-order chi connectivity index (χ1) is 10.8. The number of hydrogen-bond donors (Lipinski definition) is 3. The predicted molar refractivity (Wildman–Crippen MR) is 84.8 cm³/mol. The molecule has 0 bridgehead atoms. The van der Waals surface area contributed by atoms with Crippen molar-refractivity contribution in [2.75, 3.05) is 31.8 Å². The summed E-state index contributed by atoms with van der Waals surface area (Å²) in [5.74, 6) is -0.736. The summed E-state index contributed by atoms with van der Waals surface area (Å²) in [7, 11) is -1.81. The van der Waals surface area contributed by atoms with Crippen molar-refractivity contribution >= 4 is 27.5 Å². The molecular weight excluding hydrogens is 322 g/mol. The van der Waals surface area contributed by atoms with Crippen LogP contribution in [0.1, 0.15) is 17.9 Å². The van der Waals surface area contributed by atoms with Crippen LogP contribution in [-0.2, 0) is 19.6 Å². The largest absolute Gasteiger partial charge is 0.495 e. The van der Waals surface area contributed by atoms with Crippen LogP contribution in [-0.4, -0.2) is 46.7 Å². The lowest BCUT2D eigenvalue weighted by molar-refractivity contribution is -0.126. The summed E-state index contributed by atoms with van der Waals surface area (Å²) >= 11 is 0. The van der Waals surface area contributed by atoms with Crippen LogP contribution < -0.4 is 20.1 Å². The first kappa shape index (κ1) is 17.2. The number of carbonyl (C=O) groups is 2. The summed E-state index contributed by atoms with van der Waals surface area (Å²) in [5, 5.41) is 5.35. The standard InChI is InChI=1S/C14H19N3O5S/c1-22-11-5-3-4-9-10(8-12(18)17-13(9)11)14(19)15-6-7-16-23(2,20)21/h3-5,10,16H,6-8H2,1-2H3,(H,15,19)(H,17,18)/t10-/m0/s1. The van der Waals surface area contributed by atoms with E-state index in [-0.39, 0.29) is 31.3 Å². The second-order valence-corrected chi connectivity index (χ2v) is 7.02. The van der Waals surface area contributed by atoms with Gasteiger partial charge in [-0.2, -0.15) is 0 Å². The number of fused-ring (bicyclic) bond motifs is 1. The molecule has 0 unspecified atom stereocenters. The average molecular weight is 341 g/mol. The number of para-hydroxylation sites is 1. The molecule has 2 rings (SSSR count). The van der Waals surface area contributed by atoms with Gasteiger partial charge < -0.3 is 15.4 Å². The number of sulfonamides is 1. The quantitative estimate of drug-likeness (QED) is 0.620. The van der Waals surface area contributed by atoms with E-state index in [0.29, 0.717) is 17.0 Å². The van der Waals surface area contributed by atoms with Crippen molar-refractivity contribution in [1.29, 1.82) is 0 Å². The fourth-order valence-electron chi connectivity index (χ4n) is 2.41. The molecule has 0 saturated heterocycles. The molecule has 2 amide bonds. The van der Waals surface area contributed by atoms with Crippen molar-refractivity contribution in [1.82, 2.24) is 10.0 Å². The number of rotatable bonds is 6. The molecular formula is C14H19N3O5S. The molecule has 1 aromatic rings. The van der Waals surface area contributed by atoms with E-state index >= 15 is 0 Å². The van der Waals surface area contributed by atoms with Gasteiger partial charge in [0.25, 0.3) is 0 Å². The Morgan fingerprint density at radius 1 is 1.39 bits per heavy atom. The molecule has 23 heavy (non-hydrogen) atoms. The van der Waals surface area contributed by atoms with E-state index in [2.05, 4.69) is 15.4 Å². The Morgan fingerprint density at radius 2 is 2.13 bits per heavy atom. The van der Waals surface area contributed by atoms with Crippen molar-refractivity contribution < 1.29 is 22.7 Å². The Bertz CT molecular complexity index is 717. The summed E-state index contributed by atoms with van der Waals surface area (Å²) < 4.78 is 29.4.